The molecule has 3 aromatic rings. The Morgan fingerprint density at radius 3 is 2.45 bits per heavy atom. The van der Waals surface area contributed by atoms with Gasteiger partial charge in [0.25, 0.3) is 0 Å². The SMILES string of the molecule is COC(=O)c1c(NC(=O)C(Sc2ccccc2)c2ccccc2)sc2c1CCC(C)C2. The van der Waals surface area contributed by atoms with Crippen molar-refractivity contribution in [1.82, 2.24) is 0 Å². The summed E-state index contributed by atoms with van der Waals surface area (Å²) in [6.45, 7) is 2.22. The van der Waals surface area contributed by atoms with E-state index in [-0.39, 0.29) is 11.9 Å². The fourth-order valence-electron chi connectivity index (χ4n) is 3.87. The molecule has 0 spiro atoms. The molecule has 31 heavy (non-hydrogen) atoms. The molecule has 1 amide bonds. The number of ether oxygens (including phenoxy) is 1. The van der Waals surface area contributed by atoms with E-state index >= 15 is 0 Å². The molecule has 4 nitrogen and oxygen atoms in total. The zero-order valence-electron chi connectivity index (χ0n) is 17.6. The maximum Gasteiger partial charge on any atom is 0.341 e. The first-order chi connectivity index (χ1) is 15.1. The number of carbonyl (C=O) groups is 2. The van der Waals surface area contributed by atoms with Gasteiger partial charge in [-0.25, -0.2) is 4.79 Å². The van der Waals surface area contributed by atoms with E-state index in [9.17, 15) is 9.59 Å². The lowest BCUT2D eigenvalue weighted by molar-refractivity contribution is -0.115. The minimum absolute atomic E-state index is 0.142. The number of hydrogen-bond donors (Lipinski definition) is 1. The Balaban J connectivity index is 1.66. The summed E-state index contributed by atoms with van der Waals surface area (Å²) in [6.07, 6.45) is 2.81. The predicted octanol–water partition coefficient (Wildman–Crippen LogP) is 6.13. The molecule has 1 aromatic heterocycles. The second-order valence-corrected chi connectivity index (χ2v) is 10.0. The molecule has 0 bridgehead atoms. The second-order valence-electron chi connectivity index (χ2n) is 7.76. The Kier molecular flexibility index (Phi) is 6.78. The zero-order chi connectivity index (χ0) is 21.8. The molecule has 2 unspecified atom stereocenters. The van der Waals surface area contributed by atoms with Gasteiger partial charge < -0.3 is 10.1 Å². The van der Waals surface area contributed by atoms with Crippen molar-refractivity contribution in [3.8, 4) is 0 Å². The van der Waals surface area contributed by atoms with Crippen LogP contribution in [0.3, 0.4) is 0 Å². The molecule has 4 rings (SSSR count). The molecule has 2 aromatic carbocycles. The standard InChI is InChI=1S/C25H25NO3S2/c1-16-13-14-19-20(15-16)31-24(21(19)25(28)29-2)26-23(27)22(17-9-5-3-6-10-17)30-18-11-7-4-8-12-18/h3-12,16,22H,13-15H2,1-2H3,(H,26,27). The number of amides is 1. The van der Waals surface area contributed by atoms with Crippen LogP contribution in [-0.4, -0.2) is 19.0 Å². The van der Waals surface area contributed by atoms with E-state index in [1.54, 1.807) is 0 Å². The van der Waals surface area contributed by atoms with Crippen LogP contribution in [0.25, 0.3) is 0 Å². The van der Waals surface area contributed by atoms with Gasteiger partial charge in [0.15, 0.2) is 0 Å². The number of hydrogen-bond acceptors (Lipinski definition) is 5. The minimum Gasteiger partial charge on any atom is -0.465 e. The van der Waals surface area contributed by atoms with E-state index in [4.69, 9.17) is 4.74 Å². The van der Waals surface area contributed by atoms with Crippen LogP contribution < -0.4 is 5.32 Å². The van der Waals surface area contributed by atoms with Crippen molar-refractivity contribution in [2.45, 2.75) is 36.3 Å². The predicted molar refractivity (Wildman–Crippen MR) is 127 cm³/mol. The van der Waals surface area contributed by atoms with E-state index in [0.29, 0.717) is 16.5 Å². The fourth-order valence-corrected chi connectivity index (χ4v) is 6.32. The number of thioether (sulfide) groups is 1. The van der Waals surface area contributed by atoms with Crippen molar-refractivity contribution < 1.29 is 14.3 Å². The Hall–Kier alpha value is -2.57. The van der Waals surface area contributed by atoms with Gasteiger partial charge >= 0.3 is 5.97 Å². The zero-order valence-corrected chi connectivity index (χ0v) is 19.2. The van der Waals surface area contributed by atoms with Crippen LogP contribution >= 0.6 is 23.1 Å². The number of nitrogens with one attached hydrogen (secondary N) is 1. The third-order valence-corrected chi connectivity index (χ3v) is 7.91. The lowest BCUT2D eigenvalue weighted by atomic mass is 9.88. The van der Waals surface area contributed by atoms with Gasteiger partial charge in [-0.1, -0.05) is 55.5 Å². The van der Waals surface area contributed by atoms with Crippen molar-refractivity contribution in [2.24, 2.45) is 5.92 Å². The molecule has 0 fully saturated rings. The highest BCUT2D eigenvalue weighted by atomic mass is 32.2. The molecule has 2 atom stereocenters. The normalized spacial score (nSPS) is 16.3. The van der Waals surface area contributed by atoms with Gasteiger partial charge in [0.1, 0.15) is 10.3 Å². The summed E-state index contributed by atoms with van der Waals surface area (Å²) in [5, 5.41) is 3.24. The number of benzene rings is 2. The Labute approximate surface area is 191 Å². The van der Waals surface area contributed by atoms with Gasteiger partial charge in [-0.3, -0.25) is 4.79 Å². The molecular formula is C25H25NO3S2. The van der Waals surface area contributed by atoms with Crippen molar-refractivity contribution in [3.63, 3.8) is 0 Å². The summed E-state index contributed by atoms with van der Waals surface area (Å²) >= 11 is 3.02. The summed E-state index contributed by atoms with van der Waals surface area (Å²) < 4.78 is 5.06. The molecule has 1 aliphatic carbocycles. The van der Waals surface area contributed by atoms with E-state index in [1.807, 2.05) is 60.7 Å². The molecule has 0 radical (unpaired) electrons. The van der Waals surface area contributed by atoms with Gasteiger partial charge in [0, 0.05) is 9.77 Å². The highest BCUT2D eigenvalue weighted by molar-refractivity contribution is 8.00. The summed E-state index contributed by atoms with van der Waals surface area (Å²) in [6, 6.07) is 19.6. The van der Waals surface area contributed by atoms with Crippen LogP contribution in [0.1, 0.15) is 45.0 Å². The summed E-state index contributed by atoms with van der Waals surface area (Å²) in [5.74, 6) is 0.0529. The number of methoxy groups -OCH3 is 1. The summed E-state index contributed by atoms with van der Waals surface area (Å²) in [5.41, 5.74) is 2.49. The van der Waals surface area contributed by atoms with Crippen LogP contribution in [0.15, 0.2) is 65.6 Å². The van der Waals surface area contributed by atoms with Crippen molar-refractivity contribution in [3.05, 3.63) is 82.2 Å². The lowest BCUT2D eigenvalue weighted by Crippen LogP contribution is -2.20. The van der Waals surface area contributed by atoms with E-state index < -0.39 is 5.25 Å². The van der Waals surface area contributed by atoms with Crippen molar-refractivity contribution in [2.75, 3.05) is 12.4 Å². The molecule has 160 valence electrons. The maximum atomic E-state index is 13.5. The van der Waals surface area contributed by atoms with Crippen molar-refractivity contribution >= 4 is 40.0 Å². The molecule has 6 heteroatoms. The van der Waals surface area contributed by atoms with E-state index in [0.717, 1.165) is 35.3 Å². The number of anilines is 1. The molecule has 0 saturated carbocycles. The molecule has 1 heterocycles. The fraction of sp³-hybridized carbons (Fsp3) is 0.280. The topological polar surface area (TPSA) is 55.4 Å². The van der Waals surface area contributed by atoms with Gasteiger partial charge in [0.05, 0.1) is 12.7 Å². The van der Waals surface area contributed by atoms with Gasteiger partial charge in [-0.05, 0) is 48.4 Å². The Morgan fingerprint density at radius 1 is 1.10 bits per heavy atom. The number of carbonyl (C=O) groups excluding carboxylic acids is 2. The number of fused-ring (bicyclic) bond motifs is 1. The number of rotatable bonds is 6. The lowest BCUT2D eigenvalue weighted by Gasteiger charge is -2.18. The number of esters is 1. The van der Waals surface area contributed by atoms with Gasteiger partial charge in [-0.15, -0.1) is 23.1 Å². The molecule has 0 saturated heterocycles. The quantitative estimate of drug-likeness (QED) is 0.362. The monoisotopic (exact) mass is 451 g/mol. The number of thiophene rings is 1. The smallest absolute Gasteiger partial charge is 0.341 e. The minimum atomic E-state index is -0.438. The molecule has 1 aliphatic rings. The third kappa shape index (κ3) is 4.86. The first kappa shape index (κ1) is 21.7. The van der Waals surface area contributed by atoms with Gasteiger partial charge in [0.2, 0.25) is 5.91 Å². The summed E-state index contributed by atoms with van der Waals surface area (Å²) in [4.78, 5) is 28.3. The Bertz CT molecular complexity index is 1060. The summed E-state index contributed by atoms with van der Waals surface area (Å²) in [7, 11) is 1.39. The first-order valence-corrected chi connectivity index (χ1v) is 12.1. The molecular weight excluding hydrogens is 426 g/mol. The molecule has 1 N–H and O–H groups in total. The Morgan fingerprint density at radius 2 is 1.77 bits per heavy atom. The maximum absolute atomic E-state index is 13.5. The second kappa shape index (κ2) is 9.71. The van der Waals surface area contributed by atoms with Crippen molar-refractivity contribution in [1.29, 1.82) is 0 Å². The van der Waals surface area contributed by atoms with Crippen LogP contribution in [-0.2, 0) is 22.4 Å². The average Bonchev–Trinajstić information content (AvgIpc) is 3.14. The van der Waals surface area contributed by atoms with Gasteiger partial charge in [-0.2, -0.15) is 0 Å². The van der Waals surface area contributed by atoms with E-state index in [1.165, 1.54) is 35.1 Å². The largest absolute Gasteiger partial charge is 0.465 e. The van der Waals surface area contributed by atoms with Crippen LogP contribution in [0.2, 0.25) is 0 Å². The average molecular weight is 452 g/mol. The van der Waals surface area contributed by atoms with E-state index in [2.05, 4.69) is 12.2 Å². The third-order valence-electron chi connectivity index (χ3n) is 5.48. The molecule has 0 aliphatic heterocycles. The highest BCUT2D eigenvalue weighted by Gasteiger charge is 2.30. The highest BCUT2D eigenvalue weighted by Crippen LogP contribution is 2.42. The first-order valence-electron chi connectivity index (χ1n) is 10.4. The van der Waals surface area contributed by atoms with Crippen LogP contribution in [0.4, 0.5) is 5.00 Å². The van der Waals surface area contributed by atoms with Crippen LogP contribution in [0.5, 0.6) is 0 Å². The van der Waals surface area contributed by atoms with Crippen LogP contribution in [0, 0.1) is 5.92 Å².